The predicted molar refractivity (Wildman–Crippen MR) is 89.0 cm³/mol. The van der Waals surface area contributed by atoms with Crippen LogP contribution in [0.5, 0.6) is 0 Å². The highest BCUT2D eigenvalue weighted by molar-refractivity contribution is 6.09. The van der Waals surface area contributed by atoms with Gasteiger partial charge in [0.15, 0.2) is 0 Å². The Kier molecular flexibility index (Phi) is 4.68. The van der Waals surface area contributed by atoms with E-state index in [1.807, 2.05) is 6.92 Å². The lowest BCUT2D eigenvalue weighted by Crippen LogP contribution is -2.48. The lowest BCUT2D eigenvalue weighted by atomic mass is 9.91. The summed E-state index contributed by atoms with van der Waals surface area (Å²) in [5.41, 5.74) is -2.02. The van der Waals surface area contributed by atoms with Crippen molar-refractivity contribution in [3.05, 3.63) is 35.4 Å². The van der Waals surface area contributed by atoms with E-state index in [-0.39, 0.29) is 17.5 Å². The molecule has 2 saturated heterocycles. The second-order valence-electron chi connectivity index (χ2n) is 7.00. The first-order chi connectivity index (χ1) is 12.2. The van der Waals surface area contributed by atoms with Crippen molar-refractivity contribution < 1.29 is 23.2 Å². The second-order valence-corrected chi connectivity index (χ2v) is 7.00. The van der Waals surface area contributed by atoms with E-state index in [4.69, 9.17) is 0 Å². The van der Waals surface area contributed by atoms with E-state index in [9.17, 15) is 23.2 Å². The molecular weight excluding hydrogens is 344 g/mol. The van der Waals surface area contributed by atoms with E-state index >= 15 is 0 Å². The molecule has 8 heteroatoms. The molecule has 0 saturated carbocycles. The molecule has 6 nitrogen and oxygen atoms in total. The number of hydrogen-bond donors (Lipinski definition) is 1. The Morgan fingerprint density at radius 1 is 1.31 bits per heavy atom. The number of piperidine rings is 1. The smallest absolute Gasteiger partial charge is 0.325 e. The zero-order valence-electron chi connectivity index (χ0n) is 14.7. The van der Waals surface area contributed by atoms with Crippen LogP contribution in [-0.4, -0.2) is 46.8 Å². The minimum atomic E-state index is -1.75. The summed E-state index contributed by atoms with van der Waals surface area (Å²) in [6, 6.07) is 1.97. The van der Waals surface area contributed by atoms with Crippen molar-refractivity contribution in [2.75, 3.05) is 13.1 Å². The van der Waals surface area contributed by atoms with E-state index in [2.05, 4.69) is 5.32 Å². The lowest BCUT2D eigenvalue weighted by molar-refractivity contribution is -0.140. The number of imide groups is 1. The minimum Gasteiger partial charge on any atom is -0.338 e. The molecule has 140 valence electrons. The van der Waals surface area contributed by atoms with Gasteiger partial charge in [-0.3, -0.25) is 14.5 Å². The van der Waals surface area contributed by atoms with Gasteiger partial charge in [-0.15, -0.1) is 0 Å². The second kappa shape index (κ2) is 6.66. The molecule has 2 aliphatic rings. The summed E-state index contributed by atoms with van der Waals surface area (Å²) in [7, 11) is 0. The van der Waals surface area contributed by atoms with Crippen LogP contribution >= 0.6 is 0 Å². The third-order valence-corrected chi connectivity index (χ3v) is 5.16. The number of carbonyl (C=O) groups is 3. The van der Waals surface area contributed by atoms with Crippen LogP contribution in [0.3, 0.4) is 0 Å². The van der Waals surface area contributed by atoms with Crippen LogP contribution in [0.25, 0.3) is 0 Å². The van der Waals surface area contributed by atoms with Crippen molar-refractivity contribution in [3.8, 4) is 0 Å². The van der Waals surface area contributed by atoms with Gasteiger partial charge in [-0.2, -0.15) is 0 Å². The predicted octanol–water partition coefficient (Wildman–Crippen LogP) is 2.13. The highest BCUT2D eigenvalue weighted by atomic mass is 19.1. The molecule has 2 aliphatic heterocycles. The zero-order chi connectivity index (χ0) is 19.1. The summed E-state index contributed by atoms with van der Waals surface area (Å²) in [5, 5.41) is 2.39. The topological polar surface area (TPSA) is 69.7 Å². The quantitative estimate of drug-likeness (QED) is 0.835. The van der Waals surface area contributed by atoms with Crippen molar-refractivity contribution in [2.45, 2.75) is 44.7 Å². The molecule has 4 amide bonds. The number of benzene rings is 1. The molecule has 1 N–H and O–H groups in total. The van der Waals surface area contributed by atoms with Gasteiger partial charge >= 0.3 is 6.03 Å². The van der Waals surface area contributed by atoms with Gasteiger partial charge in [-0.05, 0) is 51.3 Å². The van der Waals surface area contributed by atoms with Crippen LogP contribution < -0.4 is 5.32 Å². The standard InChI is InChI=1S/C18H21F2N3O3/c1-11-5-3-4-8-22(11)15(24)10-23-16(25)18(2,21-17(23)26)13-9-12(19)6-7-14(13)20/h6-7,9,11H,3-5,8,10H2,1-2H3,(H,21,26)/t11-,18-/m1/s1. The minimum absolute atomic E-state index is 0.0454. The van der Waals surface area contributed by atoms with Gasteiger partial charge in [0.25, 0.3) is 5.91 Å². The number of amides is 4. The number of urea groups is 1. The summed E-state index contributed by atoms with van der Waals surface area (Å²) in [6.07, 6.45) is 2.78. The van der Waals surface area contributed by atoms with Crippen molar-refractivity contribution in [3.63, 3.8) is 0 Å². The lowest BCUT2D eigenvalue weighted by Gasteiger charge is -2.34. The molecule has 1 aromatic rings. The van der Waals surface area contributed by atoms with Gasteiger partial charge in [0.2, 0.25) is 5.91 Å². The van der Waals surface area contributed by atoms with E-state index < -0.39 is 35.7 Å². The van der Waals surface area contributed by atoms with E-state index in [1.54, 1.807) is 4.90 Å². The van der Waals surface area contributed by atoms with Gasteiger partial charge in [-0.25, -0.2) is 13.6 Å². The van der Waals surface area contributed by atoms with Gasteiger partial charge < -0.3 is 10.2 Å². The van der Waals surface area contributed by atoms with Crippen LogP contribution in [-0.2, 0) is 15.1 Å². The monoisotopic (exact) mass is 365 g/mol. The molecule has 0 spiro atoms. The fourth-order valence-electron chi connectivity index (χ4n) is 3.60. The third-order valence-electron chi connectivity index (χ3n) is 5.16. The van der Waals surface area contributed by atoms with Gasteiger partial charge in [-0.1, -0.05) is 0 Å². The zero-order valence-corrected chi connectivity index (χ0v) is 14.7. The molecule has 0 bridgehead atoms. The Morgan fingerprint density at radius 3 is 2.73 bits per heavy atom. The molecule has 2 fully saturated rings. The Labute approximate surface area is 150 Å². The van der Waals surface area contributed by atoms with E-state index in [1.165, 1.54) is 6.92 Å². The fraction of sp³-hybridized carbons (Fsp3) is 0.500. The maximum Gasteiger partial charge on any atom is 0.325 e. The summed E-state index contributed by atoms with van der Waals surface area (Å²) < 4.78 is 27.7. The number of nitrogens with one attached hydrogen (secondary N) is 1. The number of hydrogen-bond acceptors (Lipinski definition) is 3. The number of likely N-dealkylation sites (tertiary alicyclic amines) is 1. The molecule has 0 aliphatic carbocycles. The molecule has 3 rings (SSSR count). The summed E-state index contributed by atoms with van der Waals surface area (Å²) >= 11 is 0. The number of halogens is 2. The largest absolute Gasteiger partial charge is 0.338 e. The first-order valence-corrected chi connectivity index (χ1v) is 8.63. The highest BCUT2D eigenvalue weighted by Crippen LogP contribution is 2.31. The average molecular weight is 365 g/mol. The van der Waals surface area contributed by atoms with E-state index in [0.717, 1.165) is 42.4 Å². The molecule has 0 unspecified atom stereocenters. The number of nitrogens with zero attached hydrogens (tertiary/aromatic N) is 2. The molecule has 0 aromatic heterocycles. The average Bonchev–Trinajstić information content (AvgIpc) is 2.81. The molecule has 2 atom stereocenters. The van der Waals surface area contributed by atoms with E-state index in [0.29, 0.717) is 6.54 Å². The summed E-state index contributed by atoms with van der Waals surface area (Å²) in [6.45, 7) is 3.40. The van der Waals surface area contributed by atoms with Crippen LogP contribution in [0, 0.1) is 11.6 Å². The number of rotatable bonds is 3. The maximum absolute atomic E-state index is 14.1. The normalized spacial score (nSPS) is 26.2. The fourth-order valence-corrected chi connectivity index (χ4v) is 3.60. The van der Waals surface area contributed by atoms with Crippen molar-refractivity contribution in [1.82, 2.24) is 15.1 Å². The van der Waals surface area contributed by atoms with Crippen LogP contribution in [0.1, 0.15) is 38.7 Å². The molecule has 1 aromatic carbocycles. The molecule has 2 heterocycles. The molecule has 0 radical (unpaired) electrons. The molecule has 26 heavy (non-hydrogen) atoms. The SMILES string of the molecule is C[C@@H]1CCCCN1C(=O)CN1C(=O)N[C@](C)(c2cc(F)ccc2F)C1=O. The molecular formula is C18H21F2N3O3. The summed E-state index contributed by atoms with van der Waals surface area (Å²) in [4.78, 5) is 40.0. The first-order valence-electron chi connectivity index (χ1n) is 8.63. The van der Waals surface area contributed by atoms with Crippen molar-refractivity contribution in [2.24, 2.45) is 0 Å². The van der Waals surface area contributed by atoms with Crippen LogP contribution in [0.4, 0.5) is 13.6 Å². The van der Waals surface area contributed by atoms with Crippen LogP contribution in [0.2, 0.25) is 0 Å². The Balaban J connectivity index is 1.82. The Bertz CT molecular complexity index is 770. The van der Waals surface area contributed by atoms with Gasteiger partial charge in [0.1, 0.15) is 23.7 Å². The Morgan fingerprint density at radius 2 is 2.04 bits per heavy atom. The van der Waals surface area contributed by atoms with Crippen LogP contribution in [0.15, 0.2) is 18.2 Å². The number of carbonyl (C=O) groups excluding carboxylic acids is 3. The maximum atomic E-state index is 14.1. The highest BCUT2D eigenvalue weighted by Gasteiger charge is 2.51. The van der Waals surface area contributed by atoms with Crippen molar-refractivity contribution >= 4 is 17.8 Å². The van der Waals surface area contributed by atoms with Crippen molar-refractivity contribution in [1.29, 1.82) is 0 Å². The third kappa shape index (κ3) is 3.04. The van der Waals surface area contributed by atoms with Gasteiger partial charge in [0, 0.05) is 18.2 Å². The first kappa shape index (κ1) is 18.3. The summed E-state index contributed by atoms with van der Waals surface area (Å²) in [5.74, 6) is -2.63. The Hall–Kier alpha value is -2.51. The van der Waals surface area contributed by atoms with Gasteiger partial charge in [0.05, 0.1) is 0 Å².